The molecule has 0 spiro atoms. The maximum absolute atomic E-state index is 8.17. The fourth-order valence-corrected chi connectivity index (χ4v) is 2.43. The van der Waals surface area contributed by atoms with Crippen LogP contribution in [0.1, 0.15) is 18.4 Å². The summed E-state index contributed by atoms with van der Waals surface area (Å²) in [5.41, 5.74) is 0.996. The van der Waals surface area contributed by atoms with Crippen molar-refractivity contribution in [3.8, 4) is 0 Å². The van der Waals surface area contributed by atoms with Crippen LogP contribution in [0.2, 0.25) is 0 Å². The van der Waals surface area contributed by atoms with Crippen molar-refractivity contribution in [2.24, 2.45) is 0 Å². The third kappa shape index (κ3) is 2.86. The number of nitrogens with zero attached hydrogens (tertiary/aromatic N) is 2. The Balaban J connectivity index is 1.96. The van der Waals surface area contributed by atoms with Gasteiger partial charge in [-0.15, -0.1) is 0 Å². The molecule has 0 aromatic heterocycles. The van der Waals surface area contributed by atoms with Crippen molar-refractivity contribution in [1.29, 1.82) is 5.41 Å². The van der Waals surface area contributed by atoms with Crippen molar-refractivity contribution in [2.45, 2.75) is 18.9 Å². The van der Waals surface area contributed by atoms with Gasteiger partial charge in [0.2, 0.25) is 0 Å². The molecule has 1 aromatic rings. The van der Waals surface area contributed by atoms with E-state index >= 15 is 0 Å². The van der Waals surface area contributed by atoms with E-state index in [-0.39, 0.29) is 0 Å². The Morgan fingerprint density at radius 3 is 2.71 bits per heavy atom. The lowest BCUT2D eigenvalue weighted by atomic mass is 10.1. The van der Waals surface area contributed by atoms with Gasteiger partial charge in [0, 0.05) is 25.2 Å². The third-order valence-corrected chi connectivity index (χ3v) is 3.59. The van der Waals surface area contributed by atoms with E-state index in [0.717, 1.165) is 12.1 Å². The van der Waals surface area contributed by atoms with Crippen LogP contribution in [0.15, 0.2) is 30.3 Å². The molecule has 3 nitrogen and oxygen atoms in total. The van der Waals surface area contributed by atoms with E-state index in [2.05, 4.69) is 16.8 Å². The molecule has 0 amide bonds. The summed E-state index contributed by atoms with van der Waals surface area (Å²) in [5.74, 6) is 0.617. The van der Waals surface area contributed by atoms with Gasteiger partial charge < -0.3 is 9.80 Å². The SMILES string of the molecule is CN(CC1CCCN1C)C(=N)c1ccccc1. The molecule has 1 N–H and O–H groups in total. The molecule has 92 valence electrons. The first-order valence-corrected chi connectivity index (χ1v) is 6.24. The van der Waals surface area contributed by atoms with Gasteiger partial charge in [0.1, 0.15) is 5.84 Å². The van der Waals surface area contributed by atoms with Crippen LogP contribution in [0.5, 0.6) is 0 Å². The zero-order valence-electron chi connectivity index (χ0n) is 10.7. The number of hydrogen-bond acceptors (Lipinski definition) is 2. The lowest BCUT2D eigenvalue weighted by Gasteiger charge is -2.27. The van der Waals surface area contributed by atoms with E-state index in [9.17, 15) is 0 Å². The monoisotopic (exact) mass is 231 g/mol. The van der Waals surface area contributed by atoms with Crippen molar-refractivity contribution in [3.05, 3.63) is 35.9 Å². The molecule has 1 aliphatic rings. The fourth-order valence-electron chi connectivity index (χ4n) is 2.43. The molecule has 0 radical (unpaired) electrons. The highest BCUT2D eigenvalue weighted by Crippen LogP contribution is 2.16. The second-order valence-corrected chi connectivity index (χ2v) is 4.87. The first kappa shape index (κ1) is 12.1. The fraction of sp³-hybridized carbons (Fsp3) is 0.500. The summed E-state index contributed by atoms with van der Waals surface area (Å²) in [6, 6.07) is 10.6. The quantitative estimate of drug-likeness (QED) is 0.637. The van der Waals surface area contributed by atoms with Crippen LogP contribution in [-0.4, -0.2) is 48.9 Å². The topological polar surface area (TPSA) is 30.3 Å². The molecule has 0 aliphatic carbocycles. The van der Waals surface area contributed by atoms with Crippen LogP contribution in [0.3, 0.4) is 0 Å². The maximum atomic E-state index is 8.17. The molecule has 1 heterocycles. The van der Waals surface area contributed by atoms with Gasteiger partial charge in [-0.1, -0.05) is 30.3 Å². The van der Waals surface area contributed by atoms with E-state index < -0.39 is 0 Å². The van der Waals surface area contributed by atoms with Crippen molar-refractivity contribution in [1.82, 2.24) is 9.80 Å². The van der Waals surface area contributed by atoms with Crippen LogP contribution < -0.4 is 0 Å². The molecule has 1 saturated heterocycles. The van der Waals surface area contributed by atoms with Crippen molar-refractivity contribution in [2.75, 3.05) is 27.2 Å². The van der Waals surface area contributed by atoms with Gasteiger partial charge in [0.15, 0.2) is 0 Å². The number of amidine groups is 1. The first-order chi connectivity index (χ1) is 8.18. The van der Waals surface area contributed by atoms with Gasteiger partial charge >= 0.3 is 0 Å². The molecule has 1 aromatic carbocycles. The Hall–Kier alpha value is -1.35. The third-order valence-electron chi connectivity index (χ3n) is 3.59. The molecule has 2 rings (SSSR count). The predicted molar refractivity (Wildman–Crippen MR) is 71.6 cm³/mol. The highest BCUT2D eigenvalue weighted by Gasteiger charge is 2.23. The van der Waals surface area contributed by atoms with Crippen LogP contribution in [-0.2, 0) is 0 Å². The second-order valence-electron chi connectivity index (χ2n) is 4.87. The number of benzene rings is 1. The smallest absolute Gasteiger partial charge is 0.127 e. The lowest BCUT2D eigenvalue weighted by molar-refractivity contribution is 0.267. The van der Waals surface area contributed by atoms with Gasteiger partial charge in [-0.3, -0.25) is 5.41 Å². The summed E-state index contributed by atoms with van der Waals surface area (Å²) < 4.78 is 0. The second kappa shape index (κ2) is 5.32. The van der Waals surface area contributed by atoms with E-state index in [0.29, 0.717) is 11.9 Å². The standard InChI is InChI=1S/C14H21N3/c1-16-10-6-9-13(16)11-17(2)14(15)12-7-4-3-5-8-12/h3-5,7-8,13,15H,6,9-11H2,1-2H3. The van der Waals surface area contributed by atoms with Crippen LogP contribution in [0.25, 0.3) is 0 Å². The van der Waals surface area contributed by atoms with E-state index in [1.54, 1.807) is 0 Å². The van der Waals surface area contributed by atoms with E-state index in [1.165, 1.54) is 19.4 Å². The summed E-state index contributed by atoms with van der Waals surface area (Å²) in [6.07, 6.45) is 2.54. The Morgan fingerprint density at radius 1 is 1.41 bits per heavy atom. The maximum Gasteiger partial charge on any atom is 0.127 e. The average molecular weight is 231 g/mol. The van der Waals surface area contributed by atoms with E-state index in [4.69, 9.17) is 5.41 Å². The molecule has 1 unspecified atom stereocenters. The molecule has 17 heavy (non-hydrogen) atoms. The zero-order chi connectivity index (χ0) is 12.3. The van der Waals surface area contributed by atoms with Gasteiger partial charge in [-0.25, -0.2) is 0 Å². The largest absolute Gasteiger partial charge is 0.358 e. The molecule has 1 atom stereocenters. The summed E-state index contributed by atoms with van der Waals surface area (Å²) >= 11 is 0. The molecule has 3 heteroatoms. The summed E-state index contributed by atoms with van der Waals surface area (Å²) in [6.45, 7) is 2.14. The Labute approximate surface area is 104 Å². The summed E-state index contributed by atoms with van der Waals surface area (Å²) in [5, 5.41) is 8.17. The molecule has 0 bridgehead atoms. The Bertz CT molecular complexity index is 374. The number of likely N-dealkylation sites (N-methyl/N-ethyl adjacent to an activating group) is 2. The minimum atomic E-state index is 0.601. The Kier molecular flexibility index (Phi) is 3.79. The predicted octanol–water partition coefficient (Wildman–Crippen LogP) is 2.04. The molecule has 1 fully saturated rings. The van der Waals surface area contributed by atoms with Gasteiger partial charge in [0.25, 0.3) is 0 Å². The first-order valence-electron chi connectivity index (χ1n) is 6.24. The molecular formula is C14H21N3. The van der Waals surface area contributed by atoms with Gasteiger partial charge in [-0.05, 0) is 26.4 Å². The molecular weight excluding hydrogens is 210 g/mol. The van der Waals surface area contributed by atoms with Crippen molar-refractivity contribution in [3.63, 3.8) is 0 Å². The van der Waals surface area contributed by atoms with Crippen molar-refractivity contribution >= 4 is 5.84 Å². The van der Waals surface area contributed by atoms with Crippen LogP contribution >= 0.6 is 0 Å². The minimum Gasteiger partial charge on any atom is -0.358 e. The summed E-state index contributed by atoms with van der Waals surface area (Å²) in [4.78, 5) is 4.45. The van der Waals surface area contributed by atoms with Crippen LogP contribution in [0.4, 0.5) is 0 Å². The normalized spacial score (nSPS) is 20.5. The van der Waals surface area contributed by atoms with Gasteiger partial charge in [-0.2, -0.15) is 0 Å². The number of likely N-dealkylation sites (tertiary alicyclic amines) is 1. The average Bonchev–Trinajstić information content (AvgIpc) is 2.75. The van der Waals surface area contributed by atoms with Gasteiger partial charge in [0.05, 0.1) is 0 Å². The molecule has 1 aliphatic heterocycles. The Morgan fingerprint density at radius 2 is 2.12 bits per heavy atom. The number of rotatable bonds is 3. The van der Waals surface area contributed by atoms with Crippen molar-refractivity contribution < 1.29 is 0 Å². The highest BCUT2D eigenvalue weighted by molar-refractivity contribution is 5.96. The summed E-state index contributed by atoms with van der Waals surface area (Å²) in [7, 11) is 4.19. The molecule has 0 saturated carbocycles. The van der Waals surface area contributed by atoms with Crippen LogP contribution in [0, 0.1) is 5.41 Å². The number of nitrogens with one attached hydrogen (secondary N) is 1. The number of hydrogen-bond donors (Lipinski definition) is 1. The zero-order valence-corrected chi connectivity index (χ0v) is 10.7. The minimum absolute atomic E-state index is 0.601. The van der Waals surface area contributed by atoms with E-state index in [1.807, 2.05) is 37.4 Å². The lowest BCUT2D eigenvalue weighted by Crippen LogP contribution is -2.39. The highest BCUT2D eigenvalue weighted by atomic mass is 15.2.